The molecule has 0 radical (unpaired) electrons. The fourth-order valence-corrected chi connectivity index (χ4v) is 6.94. The molecule has 0 spiro atoms. The molecule has 5 aromatic carbocycles. The van der Waals surface area contributed by atoms with Crippen molar-refractivity contribution in [3.05, 3.63) is 204 Å². The average molecular weight is 833 g/mol. The van der Waals surface area contributed by atoms with E-state index in [0.717, 1.165) is 27.8 Å². The van der Waals surface area contributed by atoms with E-state index >= 15 is 0 Å². The largest absolute Gasteiger partial charge is 0.512 e. The summed E-state index contributed by atoms with van der Waals surface area (Å²) >= 11 is 0. The molecule has 0 aliphatic carbocycles. The van der Waals surface area contributed by atoms with Crippen LogP contribution in [0.25, 0.3) is 0 Å². The lowest BCUT2D eigenvalue weighted by Gasteiger charge is -2.47. The van der Waals surface area contributed by atoms with Gasteiger partial charge in [0.05, 0.1) is 52.9 Å². The van der Waals surface area contributed by atoms with Crippen LogP contribution in [0.3, 0.4) is 0 Å². The molecule has 0 saturated carbocycles. The van der Waals surface area contributed by atoms with Crippen LogP contribution in [0.1, 0.15) is 27.8 Å². The molecule has 0 bridgehead atoms. The van der Waals surface area contributed by atoms with Crippen LogP contribution in [0.15, 0.2) is 176 Å². The molecule has 0 unspecified atom stereocenters. The Labute approximate surface area is 358 Å². The Hall–Kier alpha value is -5.18. The summed E-state index contributed by atoms with van der Waals surface area (Å²) in [6, 6.07) is 48.1. The van der Waals surface area contributed by atoms with Gasteiger partial charge in [-0.2, -0.15) is 0 Å². The summed E-state index contributed by atoms with van der Waals surface area (Å²) in [5, 5.41) is 33.4. The standard InChI is InChI=1S/C50H56O11/c1-2-28-56-48-47(58-33-40-24-14-6-15-25-40)44(36-55-31-38-20-10-4-11-21-38)60-50(49(48)59-34-41-26-16-7-17-27-41)61-46(43(53)35-54-30-37-18-8-3-9-19-37)45(42(52)29-51)57-32-39-22-12-5-13-23-39/h2-27,29,43-53H,1,28,30-36H2/b42-29-/t43-,44-,45-,46-,47+,48+,49-,50+/m1/s1. The maximum Gasteiger partial charge on any atom is 0.187 e. The van der Waals surface area contributed by atoms with E-state index in [-0.39, 0.29) is 46.2 Å². The molecular weight excluding hydrogens is 777 g/mol. The summed E-state index contributed by atoms with van der Waals surface area (Å²) in [5.41, 5.74) is 4.48. The zero-order chi connectivity index (χ0) is 42.5. The van der Waals surface area contributed by atoms with Crippen molar-refractivity contribution in [2.45, 2.75) is 82.1 Å². The molecule has 322 valence electrons. The zero-order valence-electron chi connectivity index (χ0n) is 34.2. The van der Waals surface area contributed by atoms with Gasteiger partial charge in [0.25, 0.3) is 0 Å². The van der Waals surface area contributed by atoms with E-state index < -0.39 is 54.8 Å². The fourth-order valence-electron chi connectivity index (χ4n) is 6.94. The molecule has 5 aromatic rings. The molecule has 3 N–H and O–H groups in total. The van der Waals surface area contributed by atoms with E-state index in [2.05, 4.69) is 6.58 Å². The molecule has 11 heteroatoms. The minimum Gasteiger partial charge on any atom is -0.512 e. The molecule has 1 heterocycles. The molecule has 1 aliphatic rings. The van der Waals surface area contributed by atoms with Crippen molar-refractivity contribution in [1.29, 1.82) is 0 Å². The van der Waals surface area contributed by atoms with Gasteiger partial charge in [0.1, 0.15) is 49.0 Å². The zero-order valence-corrected chi connectivity index (χ0v) is 34.2. The summed E-state index contributed by atoms with van der Waals surface area (Å²) in [5.74, 6) is -0.577. The van der Waals surface area contributed by atoms with Crippen molar-refractivity contribution in [2.75, 3.05) is 19.8 Å². The predicted molar refractivity (Wildman–Crippen MR) is 230 cm³/mol. The van der Waals surface area contributed by atoms with Gasteiger partial charge in [-0.25, -0.2) is 0 Å². The van der Waals surface area contributed by atoms with Crippen LogP contribution < -0.4 is 0 Å². The number of hydrogen-bond donors (Lipinski definition) is 3. The minimum atomic E-state index is -1.42. The van der Waals surface area contributed by atoms with Crippen LogP contribution in [-0.2, 0) is 70.9 Å². The van der Waals surface area contributed by atoms with Crippen molar-refractivity contribution >= 4 is 0 Å². The summed E-state index contributed by atoms with van der Waals surface area (Å²) in [6.07, 6.45) is -6.66. The number of aliphatic hydroxyl groups excluding tert-OH is 3. The Morgan fingerprint density at radius 3 is 1.54 bits per heavy atom. The van der Waals surface area contributed by atoms with E-state index in [9.17, 15) is 15.3 Å². The second-order valence-corrected chi connectivity index (χ2v) is 14.6. The van der Waals surface area contributed by atoms with Gasteiger partial charge >= 0.3 is 0 Å². The summed E-state index contributed by atoms with van der Waals surface area (Å²) in [6.45, 7) is 4.78. The molecule has 61 heavy (non-hydrogen) atoms. The highest BCUT2D eigenvalue weighted by molar-refractivity contribution is 5.17. The Bertz CT molecular complexity index is 1970. The van der Waals surface area contributed by atoms with Gasteiger partial charge in [0.2, 0.25) is 0 Å². The SMILES string of the molecule is C=CCO[C@H]1[C@@H](OCc2ccccc2)[C@@H](COCc2ccccc2)O[C@@H](O[C@H]([C@H](O)COCc2ccccc2)[C@H](OCc2ccccc2)/C(O)=C/O)[C@@H]1OCc1ccccc1. The van der Waals surface area contributed by atoms with Gasteiger partial charge < -0.3 is 53.2 Å². The maximum absolute atomic E-state index is 12.0. The molecule has 0 aromatic heterocycles. The highest BCUT2D eigenvalue weighted by Gasteiger charge is 2.51. The Kier molecular flexibility index (Phi) is 18.5. The first-order valence-corrected chi connectivity index (χ1v) is 20.5. The Morgan fingerprint density at radius 1 is 0.590 bits per heavy atom. The van der Waals surface area contributed by atoms with E-state index in [4.69, 9.17) is 37.9 Å². The molecular formula is C50H56O11. The molecule has 6 rings (SSSR count). The molecule has 8 atom stereocenters. The van der Waals surface area contributed by atoms with E-state index in [1.807, 2.05) is 152 Å². The van der Waals surface area contributed by atoms with E-state index in [1.54, 1.807) is 6.08 Å². The van der Waals surface area contributed by atoms with Crippen LogP contribution in [0, 0.1) is 0 Å². The first kappa shape index (κ1) is 45.3. The van der Waals surface area contributed by atoms with Gasteiger partial charge in [0.15, 0.2) is 12.0 Å². The minimum absolute atomic E-state index is 0.0107. The highest BCUT2D eigenvalue weighted by atomic mass is 16.7. The molecule has 11 nitrogen and oxygen atoms in total. The van der Waals surface area contributed by atoms with E-state index in [1.165, 1.54) is 0 Å². The second kappa shape index (κ2) is 24.9. The summed E-state index contributed by atoms with van der Waals surface area (Å²) in [4.78, 5) is 0. The van der Waals surface area contributed by atoms with Crippen molar-refractivity contribution in [2.24, 2.45) is 0 Å². The second-order valence-electron chi connectivity index (χ2n) is 14.6. The highest BCUT2D eigenvalue weighted by Crippen LogP contribution is 2.33. The number of rotatable bonds is 25. The number of ether oxygens (including phenoxy) is 8. The smallest absolute Gasteiger partial charge is 0.187 e. The van der Waals surface area contributed by atoms with Crippen molar-refractivity contribution in [3.63, 3.8) is 0 Å². The van der Waals surface area contributed by atoms with Gasteiger partial charge in [-0.1, -0.05) is 158 Å². The number of hydrogen-bond acceptors (Lipinski definition) is 11. The predicted octanol–water partition coefficient (Wildman–Crippen LogP) is 8.18. The monoisotopic (exact) mass is 832 g/mol. The third-order valence-corrected chi connectivity index (χ3v) is 10.0. The lowest BCUT2D eigenvalue weighted by atomic mass is 9.97. The first-order chi connectivity index (χ1) is 30.0. The Balaban J connectivity index is 1.35. The van der Waals surface area contributed by atoms with Crippen LogP contribution in [0.5, 0.6) is 0 Å². The normalized spacial score (nSPS) is 20.7. The van der Waals surface area contributed by atoms with E-state index in [0.29, 0.717) is 12.9 Å². The third kappa shape index (κ3) is 14.2. The maximum atomic E-state index is 12.0. The topological polar surface area (TPSA) is 135 Å². The van der Waals surface area contributed by atoms with Gasteiger partial charge in [-0.05, 0) is 27.8 Å². The quantitative estimate of drug-likeness (QED) is 0.0389. The molecule has 1 aliphatic heterocycles. The molecule has 1 saturated heterocycles. The van der Waals surface area contributed by atoms with Crippen LogP contribution in [0.4, 0.5) is 0 Å². The number of benzene rings is 5. The van der Waals surface area contributed by atoms with Crippen LogP contribution in [0.2, 0.25) is 0 Å². The van der Waals surface area contributed by atoms with Gasteiger partial charge in [-0.3, -0.25) is 0 Å². The third-order valence-electron chi connectivity index (χ3n) is 10.0. The van der Waals surface area contributed by atoms with Crippen molar-refractivity contribution < 1.29 is 53.2 Å². The lowest BCUT2D eigenvalue weighted by molar-refractivity contribution is -0.345. The summed E-state index contributed by atoms with van der Waals surface area (Å²) < 4.78 is 52.1. The van der Waals surface area contributed by atoms with Crippen LogP contribution >= 0.6 is 0 Å². The Morgan fingerprint density at radius 2 is 1.05 bits per heavy atom. The lowest BCUT2D eigenvalue weighted by Crippen LogP contribution is -2.63. The summed E-state index contributed by atoms with van der Waals surface area (Å²) in [7, 11) is 0. The van der Waals surface area contributed by atoms with Gasteiger partial charge in [-0.15, -0.1) is 6.58 Å². The van der Waals surface area contributed by atoms with Gasteiger partial charge in [0, 0.05) is 0 Å². The fraction of sp³-hybridized carbons (Fsp3) is 0.320. The van der Waals surface area contributed by atoms with Crippen molar-refractivity contribution in [1.82, 2.24) is 0 Å². The molecule has 0 amide bonds. The first-order valence-electron chi connectivity index (χ1n) is 20.5. The van der Waals surface area contributed by atoms with Crippen molar-refractivity contribution in [3.8, 4) is 0 Å². The average Bonchev–Trinajstić information content (AvgIpc) is 3.31. The van der Waals surface area contributed by atoms with Crippen LogP contribution in [-0.4, -0.2) is 84.2 Å². The number of aliphatic hydroxyl groups is 3. The molecule has 1 fully saturated rings.